The van der Waals surface area contributed by atoms with Crippen LogP contribution < -0.4 is 10.2 Å². The van der Waals surface area contributed by atoms with E-state index in [9.17, 15) is 0 Å². The fraction of sp³-hybridized carbons (Fsp3) is 0.462. The molecular weight excluding hydrogens is 248 g/mol. The number of rotatable bonds is 1. The van der Waals surface area contributed by atoms with Crippen LogP contribution >= 0.6 is 11.6 Å². The molecule has 2 aromatic rings. The Morgan fingerprint density at radius 3 is 2.72 bits per heavy atom. The van der Waals surface area contributed by atoms with Gasteiger partial charge >= 0.3 is 0 Å². The van der Waals surface area contributed by atoms with Crippen molar-refractivity contribution in [2.45, 2.75) is 6.92 Å². The Kier molecular flexibility index (Phi) is 2.92. The summed E-state index contributed by atoms with van der Waals surface area (Å²) in [5.41, 5.74) is 3.33. The maximum atomic E-state index is 6.10. The van der Waals surface area contributed by atoms with Crippen molar-refractivity contribution in [1.82, 2.24) is 14.9 Å². The number of hydrogen-bond donors (Lipinski definition) is 1. The number of nitrogens with zero attached hydrogens (tertiary/aromatic N) is 3. The van der Waals surface area contributed by atoms with Gasteiger partial charge in [-0.3, -0.25) is 0 Å². The van der Waals surface area contributed by atoms with E-state index in [1.807, 2.05) is 12.1 Å². The van der Waals surface area contributed by atoms with E-state index < -0.39 is 0 Å². The molecule has 1 fully saturated rings. The third-order valence-corrected chi connectivity index (χ3v) is 3.72. The summed E-state index contributed by atoms with van der Waals surface area (Å²) < 4.78 is 2.17. The summed E-state index contributed by atoms with van der Waals surface area (Å²) in [7, 11) is 2.08. The van der Waals surface area contributed by atoms with Gasteiger partial charge in [0.2, 0.25) is 5.95 Å². The summed E-state index contributed by atoms with van der Waals surface area (Å²) in [6.45, 7) is 6.12. The van der Waals surface area contributed by atoms with Crippen LogP contribution in [0, 0.1) is 6.92 Å². The van der Waals surface area contributed by atoms with Crippen molar-refractivity contribution in [3.05, 3.63) is 22.7 Å². The zero-order valence-corrected chi connectivity index (χ0v) is 11.5. The van der Waals surface area contributed by atoms with Crippen LogP contribution in [0.15, 0.2) is 12.1 Å². The van der Waals surface area contributed by atoms with Crippen LogP contribution in [0.1, 0.15) is 5.56 Å². The molecule has 1 aromatic carbocycles. The first-order valence-corrected chi connectivity index (χ1v) is 6.63. The Morgan fingerprint density at radius 1 is 1.28 bits per heavy atom. The van der Waals surface area contributed by atoms with Gasteiger partial charge in [-0.05, 0) is 24.6 Å². The second-order valence-electron chi connectivity index (χ2n) is 4.80. The zero-order chi connectivity index (χ0) is 12.7. The number of halogens is 1. The van der Waals surface area contributed by atoms with Gasteiger partial charge in [0.25, 0.3) is 0 Å². The van der Waals surface area contributed by atoms with Gasteiger partial charge < -0.3 is 14.8 Å². The van der Waals surface area contributed by atoms with E-state index in [0.717, 1.165) is 42.7 Å². The average molecular weight is 265 g/mol. The third-order valence-electron chi connectivity index (χ3n) is 3.50. The van der Waals surface area contributed by atoms with E-state index in [4.69, 9.17) is 16.6 Å². The summed E-state index contributed by atoms with van der Waals surface area (Å²) >= 11 is 6.10. The van der Waals surface area contributed by atoms with Crippen molar-refractivity contribution in [3.63, 3.8) is 0 Å². The molecule has 5 heteroatoms. The second-order valence-corrected chi connectivity index (χ2v) is 5.23. The maximum Gasteiger partial charge on any atom is 0.206 e. The largest absolute Gasteiger partial charge is 0.340 e. The zero-order valence-electron chi connectivity index (χ0n) is 10.7. The van der Waals surface area contributed by atoms with Crippen molar-refractivity contribution in [3.8, 4) is 0 Å². The highest BCUT2D eigenvalue weighted by Crippen LogP contribution is 2.27. The molecule has 0 unspecified atom stereocenters. The lowest BCUT2D eigenvalue weighted by Gasteiger charge is -2.28. The fourth-order valence-electron chi connectivity index (χ4n) is 2.67. The first kappa shape index (κ1) is 11.8. The lowest BCUT2D eigenvalue weighted by Crippen LogP contribution is -2.44. The summed E-state index contributed by atoms with van der Waals surface area (Å²) in [6.07, 6.45) is 0. The molecule has 96 valence electrons. The van der Waals surface area contributed by atoms with Gasteiger partial charge in [-0.2, -0.15) is 0 Å². The van der Waals surface area contributed by atoms with E-state index in [1.165, 1.54) is 11.1 Å². The summed E-state index contributed by atoms with van der Waals surface area (Å²) in [5, 5.41) is 4.11. The topological polar surface area (TPSA) is 33.1 Å². The number of fused-ring (bicyclic) bond motifs is 1. The minimum atomic E-state index is 0.755. The molecule has 4 nitrogen and oxygen atoms in total. The Bertz CT molecular complexity index is 584. The molecule has 18 heavy (non-hydrogen) atoms. The normalized spacial score (nSPS) is 16.5. The van der Waals surface area contributed by atoms with Crippen LogP contribution in [0.4, 0.5) is 5.95 Å². The van der Waals surface area contributed by atoms with Gasteiger partial charge in [-0.15, -0.1) is 0 Å². The molecular formula is C13H17ClN4. The number of aromatic nitrogens is 2. The van der Waals surface area contributed by atoms with Crippen LogP contribution in [-0.4, -0.2) is 35.7 Å². The highest BCUT2D eigenvalue weighted by atomic mass is 35.5. The molecule has 0 atom stereocenters. The van der Waals surface area contributed by atoms with Crippen LogP contribution in [0.3, 0.4) is 0 Å². The molecule has 0 aliphatic carbocycles. The number of aryl methyl sites for hydroxylation is 2. The number of imidazole rings is 1. The fourth-order valence-corrected chi connectivity index (χ4v) is 2.94. The molecule has 1 aliphatic rings. The summed E-state index contributed by atoms with van der Waals surface area (Å²) in [5.74, 6) is 1.04. The van der Waals surface area contributed by atoms with Gasteiger partial charge in [0.05, 0.1) is 11.0 Å². The van der Waals surface area contributed by atoms with Gasteiger partial charge in [0.15, 0.2) is 0 Å². The van der Waals surface area contributed by atoms with Crippen LogP contribution in [0.2, 0.25) is 5.02 Å². The van der Waals surface area contributed by atoms with Crippen molar-refractivity contribution in [2.75, 3.05) is 31.1 Å². The first-order chi connectivity index (χ1) is 8.66. The number of nitrogens with one attached hydrogen (secondary N) is 1. The molecule has 1 saturated heterocycles. The van der Waals surface area contributed by atoms with E-state index in [2.05, 4.69) is 28.8 Å². The van der Waals surface area contributed by atoms with Crippen molar-refractivity contribution in [1.29, 1.82) is 0 Å². The third kappa shape index (κ3) is 1.85. The standard InChI is InChI=1S/C13H17ClN4/c1-9-7-10(14)8-11-12(9)17(2)13(16-11)18-5-3-15-4-6-18/h7-8,15H,3-6H2,1-2H3. The number of hydrogen-bond acceptors (Lipinski definition) is 3. The van der Waals surface area contributed by atoms with Crippen molar-refractivity contribution in [2.24, 2.45) is 7.05 Å². The van der Waals surface area contributed by atoms with Crippen molar-refractivity contribution >= 4 is 28.6 Å². The van der Waals surface area contributed by atoms with Crippen LogP contribution in [-0.2, 0) is 7.05 Å². The Morgan fingerprint density at radius 2 is 2.00 bits per heavy atom. The van der Waals surface area contributed by atoms with Crippen molar-refractivity contribution < 1.29 is 0 Å². The SMILES string of the molecule is Cc1cc(Cl)cc2nc(N3CCNCC3)n(C)c12. The maximum absolute atomic E-state index is 6.10. The molecule has 1 N–H and O–H groups in total. The molecule has 1 aliphatic heterocycles. The smallest absolute Gasteiger partial charge is 0.206 e. The summed E-state index contributed by atoms with van der Waals surface area (Å²) in [6, 6.07) is 3.93. The number of benzene rings is 1. The second kappa shape index (κ2) is 4.44. The van der Waals surface area contributed by atoms with Gasteiger partial charge in [-0.1, -0.05) is 11.6 Å². The Hall–Kier alpha value is -1.26. The molecule has 2 heterocycles. The van der Waals surface area contributed by atoms with Gasteiger partial charge in [-0.25, -0.2) is 4.98 Å². The minimum Gasteiger partial charge on any atom is -0.340 e. The molecule has 1 aromatic heterocycles. The molecule has 3 rings (SSSR count). The Balaban J connectivity index is 2.13. The van der Waals surface area contributed by atoms with Gasteiger partial charge in [0.1, 0.15) is 0 Å². The first-order valence-electron chi connectivity index (χ1n) is 6.25. The monoisotopic (exact) mass is 264 g/mol. The molecule has 0 amide bonds. The average Bonchev–Trinajstić information content (AvgIpc) is 2.67. The van der Waals surface area contributed by atoms with Gasteiger partial charge in [0, 0.05) is 38.2 Å². The highest BCUT2D eigenvalue weighted by Gasteiger charge is 2.18. The number of piperazine rings is 1. The summed E-state index contributed by atoms with van der Waals surface area (Å²) in [4.78, 5) is 7.06. The Labute approximate surface area is 112 Å². The van der Waals surface area contributed by atoms with E-state index in [0.29, 0.717) is 0 Å². The molecule has 0 spiro atoms. The molecule has 0 saturated carbocycles. The van der Waals surface area contributed by atoms with E-state index in [-0.39, 0.29) is 0 Å². The van der Waals surface area contributed by atoms with E-state index >= 15 is 0 Å². The lowest BCUT2D eigenvalue weighted by atomic mass is 10.2. The number of anilines is 1. The van der Waals surface area contributed by atoms with E-state index in [1.54, 1.807) is 0 Å². The lowest BCUT2D eigenvalue weighted by molar-refractivity contribution is 0.575. The quantitative estimate of drug-likeness (QED) is 0.855. The molecule has 0 radical (unpaired) electrons. The highest BCUT2D eigenvalue weighted by molar-refractivity contribution is 6.31. The minimum absolute atomic E-state index is 0.755. The van der Waals surface area contributed by atoms with Crippen LogP contribution in [0.25, 0.3) is 11.0 Å². The van der Waals surface area contributed by atoms with Crippen LogP contribution in [0.5, 0.6) is 0 Å². The predicted octanol–water partition coefficient (Wildman–Crippen LogP) is 1.94. The predicted molar refractivity (Wildman–Crippen MR) is 75.5 cm³/mol. The molecule has 0 bridgehead atoms.